The van der Waals surface area contributed by atoms with E-state index in [9.17, 15) is 9.18 Å². The van der Waals surface area contributed by atoms with Crippen LogP contribution in [0.5, 0.6) is 0 Å². The number of carbonyl (C=O) groups excluding carboxylic acids is 1. The molecule has 1 saturated heterocycles. The standard InChI is InChI=1S/C29H31FN6O/c1-3-7-25-31-27(26-19(2)33-36(28(26)32-25)22-12-10-21(30)11-13-22)34-14-16-35(17-15-34)29(37)24-18-23(24)20-8-5-4-6-9-20/h4-6,8-13,23-24H,3,7,14-18H2,1-2H3/t23-,24?/m0/s1. The van der Waals surface area contributed by atoms with Gasteiger partial charge in [-0.2, -0.15) is 5.10 Å². The highest BCUT2D eigenvalue weighted by Gasteiger charge is 2.46. The van der Waals surface area contributed by atoms with Crippen molar-refractivity contribution >= 4 is 22.8 Å². The third-order valence-corrected chi connectivity index (χ3v) is 7.50. The first-order valence-corrected chi connectivity index (χ1v) is 13.1. The second-order valence-electron chi connectivity index (χ2n) is 10.1. The second kappa shape index (κ2) is 9.57. The molecule has 2 atom stereocenters. The van der Waals surface area contributed by atoms with Crippen molar-refractivity contribution in [2.45, 2.75) is 39.0 Å². The van der Waals surface area contributed by atoms with Crippen LogP contribution in [0.2, 0.25) is 0 Å². The molecule has 2 aromatic heterocycles. The number of halogens is 1. The molecular weight excluding hydrogens is 467 g/mol. The van der Waals surface area contributed by atoms with Crippen molar-refractivity contribution in [3.63, 3.8) is 0 Å². The Morgan fingerprint density at radius 2 is 1.73 bits per heavy atom. The minimum Gasteiger partial charge on any atom is -0.352 e. The van der Waals surface area contributed by atoms with Gasteiger partial charge in [-0.15, -0.1) is 0 Å². The number of hydrogen-bond acceptors (Lipinski definition) is 5. The maximum Gasteiger partial charge on any atom is 0.226 e. The van der Waals surface area contributed by atoms with Gasteiger partial charge in [-0.1, -0.05) is 37.3 Å². The number of nitrogens with zero attached hydrogens (tertiary/aromatic N) is 6. The molecule has 1 amide bonds. The maximum atomic E-state index is 13.6. The van der Waals surface area contributed by atoms with Crippen molar-refractivity contribution in [2.24, 2.45) is 5.92 Å². The number of rotatable bonds is 6. The molecule has 0 spiro atoms. The monoisotopic (exact) mass is 498 g/mol. The van der Waals surface area contributed by atoms with E-state index in [-0.39, 0.29) is 17.6 Å². The van der Waals surface area contributed by atoms with Crippen molar-refractivity contribution in [1.29, 1.82) is 0 Å². The van der Waals surface area contributed by atoms with E-state index in [0.717, 1.165) is 53.3 Å². The molecule has 6 rings (SSSR count). The smallest absolute Gasteiger partial charge is 0.226 e. The van der Waals surface area contributed by atoms with Gasteiger partial charge in [0.05, 0.1) is 16.8 Å². The molecular formula is C29H31FN6O. The molecule has 1 unspecified atom stereocenters. The molecule has 190 valence electrons. The number of aryl methyl sites for hydroxylation is 2. The van der Waals surface area contributed by atoms with E-state index in [4.69, 9.17) is 15.1 Å². The lowest BCUT2D eigenvalue weighted by Gasteiger charge is -2.36. The highest BCUT2D eigenvalue weighted by Crippen LogP contribution is 2.48. The molecule has 37 heavy (non-hydrogen) atoms. The summed E-state index contributed by atoms with van der Waals surface area (Å²) in [5.41, 5.74) is 3.60. The predicted octanol–water partition coefficient (Wildman–Crippen LogP) is 4.67. The van der Waals surface area contributed by atoms with E-state index >= 15 is 0 Å². The van der Waals surface area contributed by atoms with Gasteiger partial charge in [-0.3, -0.25) is 4.79 Å². The zero-order valence-corrected chi connectivity index (χ0v) is 21.3. The number of aromatic nitrogens is 4. The number of amides is 1. The van der Waals surface area contributed by atoms with Crippen molar-refractivity contribution in [3.8, 4) is 5.69 Å². The Labute approximate surface area is 215 Å². The Hall–Kier alpha value is -3.81. The van der Waals surface area contributed by atoms with Crippen LogP contribution < -0.4 is 4.90 Å². The van der Waals surface area contributed by atoms with Crippen molar-refractivity contribution in [1.82, 2.24) is 24.6 Å². The Bertz CT molecular complexity index is 1430. The number of hydrogen-bond donors (Lipinski definition) is 0. The molecule has 1 aliphatic heterocycles. The van der Waals surface area contributed by atoms with Crippen LogP contribution in [0.1, 0.15) is 42.8 Å². The molecule has 0 bridgehead atoms. The fourth-order valence-electron chi connectivity index (χ4n) is 5.44. The average molecular weight is 499 g/mol. The molecule has 1 saturated carbocycles. The first kappa shape index (κ1) is 23.6. The molecule has 4 aromatic rings. The van der Waals surface area contributed by atoms with Gasteiger partial charge in [0.1, 0.15) is 17.5 Å². The first-order valence-electron chi connectivity index (χ1n) is 13.1. The molecule has 0 radical (unpaired) electrons. The van der Waals surface area contributed by atoms with Crippen LogP contribution in [-0.2, 0) is 11.2 Å². The summed E-state index contributed by atoms with van der Waals surface area (Å²) in [4.78, 5) is 27.3. The molecule has 2 fully saturated rings. The topological polar surface area (TPSA) is 67.2 Å². The third-order valence-electron chi connectivity index (χ3n) is 7.50. The Balaban J connectivity index is 1.24. The molecule has 2 aromatic carbocycles. The number of fused-ring (bicyclic) bond motifs is 1. The van der Waals surface area contributed by atoms with E-state index < -0.39 is 0 Å². The fourth-order valence-corrected chi connectivity index (χ4v) is 5.44. The van der Waals surface area contributed by atoms with Gasteiger partial charge in [0.2, 0.25) is 5.91 Å². The van der Waals surface area contributed by atoms with Gasteiger partial charge >= 0.3 is 0 Å². The van der Waals surface area contributed by atoms with E-state index in [0.29, 0.717) is 32.1 Å². The van der Waals surface area contributed by atoms with Crippen molar-refractivity contribution in [3.05, 3.63) is 77.5 Å². The lowest BCUT2D eigenvalue weighted by Crippen LogP contribution is -2.49. The lowest BCUT2D eigenvalue weighted by molar-refractivity contribution is -0.133. The van der Waals surface area contributed by atoms with Crippen molar-refractivity contribution in [2.75, 3.05) is 31.1 Å². The van der Waals surface area contributed by atoms with Crippen LogP contribution in [0.3, 0.4) is 0 Å². The molecule has 8 heteroatoms. The van der Waals surface area contributed by atoms with Crippen molar-refractivity contribution < 1.29 is 9.18 Å². The largest absolute Gasteiger partial charge is 0.352 e. The summed E-state index contributed by atoms with van der Waals surface area (Å²) in [5.74, 6) is 2.09. The number of anilines is 1. The summed E-state index contributed by atoms with van der Waals surface area (Å²) in [5, 5.41) is 5.67. The number of carbonyl (C=O) groups is 1. The van der Waals surface area contributed by atoms with E-state index in [2.05, 4.69) is 24.0 Å². The highest BCUT2D eigenvalue weighted by molar-refractivity contribution is 5.91. The molecule has 2 aliphatic rings. The predicted molar refractivity (Wildman–Crippen MR) is 141 cm³/mol. The number of piperazine rings is 1. The van der Waals surface area contributed by atoms with E-state index in [1.54, 1.807) is 16.8 Å². The summed E-state index contributed by atoms with van der Waals surface area (Å²) < 4.78 is 15.3. The van der Waals surface area contributed by atoms with Gasteiger partial charge in [-0.05, 0) is 55.5 Å². The number of benzene rings is 2. The van der Waals surface area contributed by atoms with E-state index in [1.807, 2.05) is 30.0 Å². The summed E-state index contributed by atoms with van der Waals surface area (Å²) in [6.07, 6.45) is 2.64. The summed E-state index contributed by atoms with van der Waals surface area (Å²) in [7, 11) is 0. The highest BCUT2D eigenvalue weighted by atomic mass is 19.1. The zero-order valence-electron chi connectivity index (χ0n) is 21.3. The first-order chi connectivity index (χ1) is 18.0. The van der Waals surface area contributed by atoms with E-state index in [1.165, 1.54) is 17.7 Å². The maximum absolute atomic E-state index is 13.6. The van der Waals surface area contributed by atoms with Crippen LogP contribution in [0.4, 0.5) is 10.2 Å². The minimum atomic E-state index is -0.285. The zero-order chi connectivity index (χ0) is 25.5. The molecule has 7 nitrogen and oxygen atoms in total. The van der Waals surface area contributed by atoms with Gasteiger partial charge in [-0.25, -0.2) is 19.0 Å². The SMILES string of the molecule is CCCc1nc(N2CCN(C(=O)C3C[C@H]3c3ccccc3)CC2)c2c(C)nn(-c3ccc(F)cc3)c2n1. The van der Waals surface area contributed by atoms with Crippen LogP contribution in [0, 0.1) is 18.7 Å². The normalized spacial score (nSPS) is 19.4. The quantitative estimate of drug-likeness (QED) is 0.387. The summed E-state index contributed by atoms with van der Waals surface area (Å²) in [6, 6.07) is 16.7. The van der Waals surface area contributed by atoms with Gasteiger partial charge in [0.15, 0.2) is 5.65 Å². The molecule has 3 heterocycles. The Kier molecular flexibility index (Phi) is 6.10. The minimum absolute atomic E-state index is 0.104. The van der Waals surface area contributed by atoms with Crippen LogP contribution in [-0.4, -0.2) is 56.7 Å². The van der Waals surface area contributed by atoms with Gasteiger partial charge < -0.3 is 9.80 Å². The Morgan fingerprint density at radius 1 is 1.00 bits per heavy atom. The Morgan fingerprint density at radius 3 is 2.43 bits per heavy atom. The summed E-state index contributed by atoms with van der Waals surface area (Å²) in [6.45, 7) is 6.86. The third kappa shape index (κ3) is 4.45. The lowest BCUT2D eigenvalue weighted by atomic mass is 10.1. The van der Waals surface area contributed by atoms with Gasteiger partial charge in [0, 0.05) is 38.5 Å². The van der Waals surface area contributed by atoms with Gasteiger partial charge in [0.25, 0.3) is 0 Å². The molecule has 1 aliphatic carbocycles. The van der Waals surface area contributed by atoms with Crippen LogP contribution in [0.25, 0.3) is 16.7 Å². The fraction of sp³-hybridized carbons (Fsp3) is 0.379. The average Bonchev–Trinajstić information content (AvgIpc) is 3.66. The van der Waals surface area contributed by atoms with Crippen LogP contribution >= 0.6 is 0 Å². The summed E-state index contributed by atoms with van der Waals surface area (Å²) >= 11 is 0. The second-order valence-corrected chi connectivity index (χ2v) is 10.1. The molecule has 0 N–H and O–H groups in total. The van der Waals surface area contributed by atoms with Crippen LogP contribution in [0.15, 0.2) is 54.6 Å².